The number of hydrogen-bond donors (Lipinski definition) is 0. The predicted molar refractivity (Wildman–Crippen MR) is 106 cm³/mol. The number of likely N-dealkylation sites (tertiary alicyclic amines) is 1. The van der Waals surface area contributed by atoms with Gasteiger partial charge in [-0.2, -0.15) is 0 Å². The zero-order chi connectivity index (χ0) is 17.3. The van der Waals surface area contributed by atoms with Crippen molar-refractivity contribution in [3.63, 3.8) is 0 Å². The molecule has 1 atom stereocenters. The highest BCUT2D eigenvalue weighted by atomic mass is 32.2. The van der Waals surface area contributed by atoms with E-state index in [9.17, 15) is 4.79 Å². The van der Waals surface area contributed by atoms with Crippen LogP contribution < -0.4 is 4.90 Å². The number of rotatable bonds is 3. The average molecular weight is 361 g/mol. The Morgan fingerprint density at radius 3 is 2.83 bits per heavy atom. The molecule has 2 heterocycles. The van der Waals surface area contributed by atoms with Crippen LogP contribution in [0.5, 0.6) is 0 Å². The Bertz CT molecular complexity index is 699. The topological polar surface area (TPSA) is 23.6 Å². The molecule has 1 amide bonds. The normalized spacial score (nSPS) is 23.5. The number of nitrogens with zero attached hydrogens (tertiary/aromatic N) is 2. The van der Waals surface area contributed by atoms with Crippen LogP contribution in [0, 0.1) is 13.8 Å². The molecule has 0 saturated carbocycles. The summed E-state index contributed by atoms with van der Waals surface area (Å²) in [4.78, 5) is 17.7. The Morgan fingerprint density at radius 1 is 1.33 bits per heavy atom. The van der Waals surface area contributed by atoms with Gasteiger partial charge in [-0.3, -0.25) is 9.69 Å². The number of carbonyl (C=O) groups is 1. The zero-order valence-electron chi connectivity index (χ0n) is 14.5. The number of benzene rings is 1. The smallest absolute Gasteiger partial charge is 0.272 e. The molecule has 2 aliphatic rings. The van der Waals surface area contributed by atoms with Crippen LogP contribution in [0.2, 0.25) is 0 Å². The number of thiocarbonyl (C=S) groups is 1. The number of anilines is 1. The highest BCUT2D eigenvalue weighted by Gasteiger charge is 2.35. The van der Waals surface area contributed by atoms with Crippen molar-refractivity contribution in [3.05, 3.63) is 40.4 Å². The maximum absolute atomic E-state index is 12.9. The monoisotopic (exact) mass is 360 g/mol. The summed E-state index contributed by atoms with van der Waals surface area (Å²) in [6.07, 6.45) is 6.87. The van der Waals surface area contributed by atoms with Gasteiger partial charge in [0.05, 0.1) is 10.6 Å². The first-order valence-corrected chi connectivity index (χ1v) is 9.84. The van der Waals surface area contributed by atoms with Crippen molar-refractivity contribution >= 4 is 39.9 Å². The fourth-order valence-electron chi connectivity index (χ4n) is 3.50. The largest absolute Gasteiger partial charge is 0.373 e. The van der Waals surface area contributed by atoms with Crippen molar-refractivity contribution in [3.8, 4) is 0 Å². The molecular weight excluding hydrogens is 336 g/mol. The highest BCUT2D eigenvalue weighted by Crippen LogP contribution is 2.37. The van der Waals surface area contributed by atoms with Crippen molar-refractivity contribution in [2.24, 2.45) is 0 Å². The van der Waals surface area contributed by atoms with E-state index in [1.54, 1.807) is 4.90 Å². The minimum atomic E-state index is 0.0115. The van der Waals surface area contributed by atoms with Crippen molar-refractivity contribution in [1.29, 1.82) is 0 Å². The van der Waals surface area contributed by atoms with Crippen molar-refractivity contribution < 1.29 is 4.79 Å². The molecule has 0 aromatic heterocycles. The van der Waals surface area contributed by atoms with Crippen LogP contribution in [0.1, 0.15) is 43.7 Å². The summed E-state index contributed by atoms with van der Waals surface area (Å²) in [5, 5.41) is 0. The second-order valence-corrected chi connectivity index (χ2v) is 8.26. The van der Waals surface area contributed by atoms with Crippen molar-refractivity contribution in [2.75, 3.05) is 11.4 Å². The van der Waals surface area contributed by atoms with Gasteiger partial charge in [0.15, 0.2) is 4.32 Å². The molecule has 2 aliphatic heterocycles. The summed E-state index contributed by atoms with van der Waals surface area (Å²) >= 11 is 6.93. The summed E-state index contributed by atoms with van der Waals surface area (Å²) in [7, 11) is 0. The van der Waals surface area contributed by atoms with E-state index < -0.39 is 0 Å². The molecule has 5 heteroatoms. The molecule has 2 saturated heterocycles. The number of carbonyl (C=O) groups excluding carboxylic acids is 1. The van der Waals surface area contributed by atoms with Gasteiger partial charge in [0.25, 0.3) is 5.91 Å². The molecule has 0 bridgehead atoms. The third-order valence-corrected chi connectivity index (χ3v) is 6.10. The average Bonchev–Trinajstić information content (AvgIpc) is 2.83. The molecule has 24 heavy (non-hydrogen) atoms. The van der Waals surface area contributed by atoms with Gasteiger partial charge in [0, 0.05) is 18.8 Å². The number of thioether (sulfide) groups is 1. The Kier molecular flexibility index (Phi) is 5.30. The number of hydrogen-bond acceptors (Lipinski definition) is 4. The first-order chi connectivity index (χ1) is 11.5. The lowest BCUT2D eigenvalue weighted by Crippen LogP contribution is -2.35. The van der Waals surface area contributed by atoms with Gasteiger partial charge < -0.3 is 4.90 Å². The predicted octanol–water partition coefficient (Wildman–Crippen LogP) is 4.77. The first kappa shape index (κ1) is 17.5. The third kappa shape index (κ3) is 3.38. The van der Waals surface area contributed by atoms with Gasteiger partial charge in [-0.25, -0.2) is 0 Å². The first-order valence-electron chi connectivity index (χ1n) is 8.62. The molecule has 3 nitrogen and oxygen atoms in total. The molecule has 0 unspecified atom stereocenters. The Labute approximate surface area is 154 Å². The number of aryl methyl sites for hydroxylation is 2. The lowest BCUT2D eigenvalue weighted by Gasteiger charge is -2.34. The van der Waals surface area contributed by atoms with Gasteiger partial charge in [0.2, 0.25) is 0 Å². The third-order valence-electron chi connectivity index (χ3n) is 4.81. The highest BCUT2D eigenvalue weighted by molar-refractivity contribution is 8.27. The molecule has 0 spiro atoms. The fourth-order valence-corrected chi connectivity index (χ4v) is 4.78. The fraction of sp³-hybridized carbons (Fsp3) is 0.474. The van der Waals surface area contributed by atoms with E-state index in [2.05, 4.69) is 31.0 Å². The van der Waals surface area contributed by atoms with E-state index in [0.717, 1.165) is 29.1 Å². The van der Waals surface area contributed by atoms with E-state index in [4.69, 9.17) is 12.2 Å². The van der Waals surface area contributed by atoms with E-state index in [1.165, 1.54) is 36.6 Å². The standard InChI is InChI=1S/C19H24N2OS2/c1-4-15-7-5-6-10-20(15)12-17-18(22)21(19(23)24-17)16-9-8-13(2)11-14(16)3/h8-9,11-12,15H,4-7,10H2,1-3H3/b17-12-/t15-/m0/s1. The van der Waals surface area contributed by atoms with Gasteiger partial charge in [0.1, 0.15) is 0 Å². The minimum absolute atomic E-state index is 0.0115. The molecule has 3 rings (SSSR count). The number of piperidine rings is 1. The van der Waals surface area contributed by atoms with Crippen LogP contribution in [0.25, 0.3) is 0 Å². The van der Waals surface area contributed by atoms with Gasteiger partial charge in [-0.05, 0) is 51.2 Å². The maximum Gasteiger partial charge on any atom is 0.272 e. The zero-order valence-corrected chi connectivity index (χ0v) is 16.2. The number of amides is 1. The van der Waals surface area contributed by atoms with Crippen LogP contribution in [-0.4, -0.2) is 27.7 Å². The minimum Gasteiger partial charge on any atom is -0.373 e. The SMILES string of the molecule is CC[C@H]1CCCCN1/C=C1\SC(=S)N(c2ccc(C)cc2C)C1=O. The van der Waals surface area contributed by atoms with Gasteiger partial charge in [-0.1, -0.05) is 48.6 Å². The van der Waals surface area contributed by atoms with Gasteiger partial charge in [-0.15, -0.1) is 0 Å². The molecule has 2 fully saturated rings. The summed E-state index contributed by atoms with van der Waals surface area (Å²) in [5.74, 6) is 0.0115. The Hall–Kier alpha value is -1.33. The maximum atomic E-state index is 12.9. The van der Waals surface area contributed by atoms with E-state index >= 15 is 0 Å². The lowest BCUT2D eigenvalue weighted by molar-refractivity contribution is -0.113. The summed E-state index contributed by atoms with van der Waals surface area (Å²) in [6.45, 7) is 7.34. The van der Waals surface area contributed by atoms with Crippen molar-refractivity contribution in [1.82, 2.24) is 4.90 Å². The summed E-state index contributed by atoms with van der Waals surface area (Å²) in [5.41, 5.74) is 3.17. The quantitative estimate of drug-likeness (QED) is 0.572. The molecule has 0 radical (unpaired) electrons. The van der Waals surface area contributed by atoms with Crippen LogP contribution in [0.3, 0.4) is 0 Å². The second kappa shape index (κ2) is 7.28. The van der Waals surface area contributed by atoms with Crippen LogP contribution in [-0.2, 0) is 4.79 Å². The molecule has 1 aromatic rings. The molecule has 0 N–H and O–H groups in total. The molecule has 128 valence electrons. The van der Waals surface area contributed by atoms with Crippen molar-refractivity contribution in [2.45, 2.75) is 52.5 Å². The lowest BCUT2D eigenvalue weighted by atomic mass is 10.0. The van der Waals surface area contributed by atoms with Gasteiger partial charge >= 0.3 is 0 Å². The van der Waals surface area contributed by atoms with E-state index in [1.807, 2.05) is 19.1 Å². The summed E-state index contributed by atoms with van der Waals surface area (Å²) < 4.78 is 0.628. The molecule has 0 aliphatic carbocycles. The Balaban J connectivity index is 1.87. The van der Waals surface area contributed by atoms with E-state index in [-0.39, 0.29) is 5.91 Å². The second-order valence-electron chi connectivity index (χ2n) is 6.59. The molecule has 1 aromatic carbocycles. The van der Waals surface area contributed by atoms with Crippen LogP contribution >= 0.6 is 24.0 Å². The van der Waals surface area contributed by atoms with Crippen LogP contribution in [0.4, 0.5) is 5.69 Å². The van der Waals surface area contributed by atoms with Crippen LogP contribution in [0.15, 0.2) is 29.3 Å². The van der Waals surface area contributed by atoms with E-state index in [0.29, 0.717) is 10.4 Å². The molecular formula is C19H24N2OS2. The Morgan fingerprint density at radius 2 is 2.12 bits per heavy atom. The summed E-state index contributed by atoms with van der Waals surface area (Å²) in [6, 6.07) is 6.66.